The first kappa shape index (κ1) is 10.9. The summed E-state index contributed by atoms with van der Waals surface area (Å²) < 4.78 is 0. The molecular weight excluding hydrogens is 216 g/mol. The van der Waals surface area contributed by atoms with Gasteiger partial charge in [-0.25, -0.2) is 0 Å². The van der Waals surface area contributed by atoms with E-state index >= 15 is 0 Å². The molecule has 16 heavy (non-hydrogen) atoms. The molecule has 2 rings (SSSR count). The van der Waals surface area contributed by atoms with Crippen molar-refractivity contribution >= 4 is 11.3 Å². The summed E-state index contributed by atoms with van der Waals surface area (Å²) in [5, 5.41) is 11.8. The number of aliphatic hydroxyl groups excluding tert-OH is 1. The molecule has 0 radical (unpaired) electrons. The Morgan fingerprint density at radius 2 is 2.06 bits per heavy atom. The fourth-order valence-electron chi connectivity index (χ4n) is 1.65. The van der Waals surface area contributed by atoms with Gasteiger partial charge in [-0.2, -0.15) is 0 Å². The standard InChI is InChI=1S/C14H12OS/c1-2-14(15)13-8-4-3-6-11(13)10-12-7-5-9-16-12/h1,3-9,14-15H,10H2. The summed E-state index contributed by atoms with van der Waals surface area (Å²) in [7, 11) is 0. The van der Waals surface area contributed by atoms with Crippen molar-refractivity contribution in [3.63, 3.8) is 0 Å². The van der Waals surface area contributed by atoms with Gasteiger partial charge in [-0.3, -0.25) is 0 Å². The van der Waals surface area contributed by atoms with E-state index in [2.05, 4.69) is 17.4 Å². The zero-order chi connectivity index (χ0) is 11.4. The second kappa shape index (κ2) is 4.98. The van der Waals surface area contributed by atoms with Crippen molar-refractivity contribution in [3.05, 3.63) is 57.8 Å². The maximum absolute atomic E-state index is 9.71. The number of hydrogen-bond donors (Lipinski definition) is 1. The van der Waals surface area contributed by atoms with Crippen LogP contribution in [0.5, 0.6) is 0 Å². The molecular formula is C14H12OS. The molecule has 0 spiro atoms. The topological polar surface area (TPSA) is 20.2 Å². The molecule has 2 aromatic rings. The highest BCUT2D eigenvalue weighted by Crippen LogP contribution is 2.22. The van der Waals surface area contributed by atoms with Crippen LogP contribution in [-0.2, 0) is 6.42 Å². The number of hydrogen-bond acceptors (Lipinski definition) is 2. The molecule has 0 amide bonds. The lowest BCUT2D eigenvalue weighted by Crippen LogP contribution is -1.99. The molecule has 1 nitrogen and oxygen atoms in total. The number of aliphatic hydroxyl groups is 1. The third-order valence-corrected chi connectivity index (χ3v) is 3.33. The second-order valence-corrected chi connectivity index (χ2v) is 4.56. The first-order chi connectivity index (χ1) is 7.81. The predicted molar refractivity (Wildman–Crippen MR) is 67.4 cm³/mol. The van der Waals surface area contributed by atoms with Crippen LogP contribution in [0.1, 0.15) is 22.1 Å². The van der Waals surface area contributed by atoms with Gasteiger partial charge in [-0.05, 0) is 22.6 Å². The summed E-state index contributed by atoms with van der Waals surface area (Å²) in [6.07, 6.45) is 5.27. The van der Waals surface area contributed by atoms with Crippen molar-refractivity contribution in [2.24, 2.45) is 0 Å². The van der Waals surface area contributed by atoms with Crippen molar-refractivity contribution in [1.82, 2.24) is 0 Å². The summed E-state index contributed by atoms with van der Waals surface area (Å²) in [5.41, 5.74) is 1.92. The molecule has 1 aromatic heterocycles. The smallest absolute Gasteiger partial charge is 0.140 e. The molecule has 1 atom stereocenters. The van der Waals surface area contributed by atoms with E-state index < -0.39 is 6.10 Å². The van der Waals surface area contributed by atoms with Gasteiger partial charge in [-0.1, -0.05) is 36.3 Å². The van der Waals surface area contributed by atoms with Crippen LogP contribution in [0.15, 0.2) is 41.8 Å². The average Bonchev–Trinajstić information content (AvgIpc) is 2.82. The van der Waals surface area contributed by atoms with E-state index in [9.17, 15) is 5.11 Å². The lowest BCUT2D eigenvalue weighted by molar-refractivity contribution is 0.237. The highest BCUT2D eigenvalue weighted by atomic mass is 32.1. The maximum Gasteiger partial charge on any atom is 0.140 e. The zero-order valence-electron chi connectivity index (χ0n) is 8.76. The molecule has 1 N–H and O–H groups in total. The van der Waals surface area contributed by atoms with Gasteiger partial charge in [0.1, 0.15) is 6.10 Å². The van der Waals surface area contributed by atoms with E-state index in [0.717, 1.165) is 17.5 Å². The van der Waals surface area contributed by atoms with E-state index in [1.54, 1.807) is 11.3 Å². The van der Waals surface area contributed by atoms with E-state index in [1.807, 2.05) is 30.3 Å². The molecule has 80 valence electrons. The molecule has 1 heterocycles. The molecule has 0 bridgehead atoms. The summed E-state index contributed by atoms with van der Waals surface area (Å²) in [4.78, 5) is 1.27. The van der Waals surface area contributed by atoms with E-state index in [4.69, 9.17) is 6.42 Å². The molecule has 2 heteroatoms. The number of terminal acetylenes is 1. The van der Waals surface area contributed by atoms with Gasteiger partial charge in [-0.15, -0.1) is 17.8 Å². The fourth-order valence-corrected chi connectivity index (χ4v) is 2.38. The van der Waals surface area contributed by atoms with Crippen LogP contribution < -0.4 is 0 Å². The third-order valence-electron chi connectivity index (χ3n) is 2.45. The highest BCUT2D eigenvalue weighted by Gasteiger charge is 2.09. The largest absolute Gasteiger partial charge is 0.376 e. The Balaban J connectivity index is 2.30. The number of benzene rings is 1. The van der Waals surface area contributed by atoms with Gasteiger partial charge in [0.15, 0.2) is 0 Å². The molecule has 0 saturated heterocycles. The lowest BCUT2D eigenvalue weighted by atomic mass is 10.00. The van der Waals surface area contributed by atoms with Gasteiger partial charge >= 0.3 is 0 Å². The normalized spacial score (nSPS) is 12.0. The molecule has 1 unspecified atom stereocenters. The molecule has 1 aromatic carbocycles. The Kier molecular flexibility index (Phi) is 3.40. The Labute approximate surface area is 99.4 Å². The van der Waals surface area contributed by atoms with Gasteiger partial charge in [0.25, 0.3) is 0 Å². The van der Waals surface area contributed by atoms with Gasteiger partial charge < -0.3 is 5.11 Å². The van der Waals surface area contributed by atoms with Crippen LogP contribution >= 0.6 is 11.3 Å². The molecule has 0 aliphatic rings. The average molecular weight is 228 g/mol. The summed E-state index contributed by atoms with van der Waals surface area (Å²) in [6, 6.07) is 11.9. The van der Waals surface area contributed by atoms with Gasteiger partial charge in [0.2, 0.25) is 0 Å². The second-order valence-electron chi connectivity index (χ2n) is 3.52. The van der Waals surface area contributed by atoms with Crippen molar-refractivity contribution in [2.75, 3.05) is 0 Å². The van der Waals surface area contributed by atoms with E-state index in [-0.39, 0.29) is 0 Å². The lowest BCUT2D eigenvalue weighted by Gasteiger charge is -2.10. The minimum Gasteiger partial charge on any atom is -0.376 e. The number of rotatable bonds is 3. The first-order valence-corrected chi connectivity index (χ1v) is 5.93. The fraction of sp³-hybridized carbons (Fsp3) is 0.143. The summed E-state index contributed by atoms with van der Waals surface area (Å²) >= 11 is 1.71. The van der Waals surface area contributed by atoms with Gasteiger partial charge in [0.05, 0.1) is 0 Å². The van der Waals surface area contributed by atoms with Crippen LogP contribution in [-0.4, -0.2) is 5.11 Å². The van der Waals surface area contributed by atoms with E-state index in [0.29, 0.717) is 0 Å². The van der Waals surface area contributed by atoms with Crippen molar-refractivity contribution in [1.29, 1.82) is 0 Å². The Morgan fingerprint density at radius 1 is 1.25 bits per heavy atom. The van der Waals surface area contributed by atoms with Crippen LogP contribution in [0.25, 0.3) is 0 Å². The molecule has 0 fully saturated rings. The molecule has 0 aliphatic heterocycles. The monoisotopic (exact) mass is 228 g/mol. The van der Waals surface area contributed by atoms with Crippen LogP contribution in [0.3, 0.4) is 0 Å². The van der Waals surface area contributed by atoms with Crippen molar-refractivity contribution in [2.45, 2.75) is 12.5 Å². The van der Waals surface area contributed by atoms with Crippen LogP contribution in [0.2, 0.25) is 0 Å². The van der Waals surface area contributed by atoms with Gasteiger partial charge in [0, 0.05) is 11.3 Å². The number of thiophene rings is 1. The minimum atomic E-state index is -0.809. The summed E-state index contributed by atoms with van der Waals surface area (Å²) in [6.45, 7) is 0. The predicted octanol–water partition coefficient (Wildman–Crippen LogP) is 3.01. The summed E-state index contributed by atoms with van der Waals surface area (Å²) in [5.74, 6) is 2.36. The van der Waals surface area contributed by atoms with Crippen molar-refractivity contribution in [3.8, 4) is 12.3 Å². The third kappa shape index (κ3) is 2.33. The van der Waals surface area contributed by atoms with E-state index in [1.165, 1.54) is 4.88 Å². The Bertz CT molecular complexity index is 494. The zero-order valence-corrected chi connectivity index (χ0v) is 9.58. The minimum absolute atomic E-state index is 0.809. The highest BCUT2D eigenvalue weighted by molar-refractivity contribution is 7.09. The quantitative estimate of drug-likeness (QED) is 0.801. The maximum atomic E-state index is 9.71. The Hall–Kier alpha value is -1.56. The first-order valence-electron chi connectivity index (χ1n) is 5.05. The molecule has 0 saturated carbocycles. The van der Waals surface area contributed by atoms with Crippen LogP contribution in [0.4, 0.5) is 0 Å². The molecule has 0 aliphatic carbocycles. The SMILES string of the molecule is C#CC(O)c1ccccc1Cc1cccs1. The Morgan fingerprint density at radius 3 is 2.75 bits per heavy atom. The van der Waals surface area contributed by atoms with Crippen LogP contribution in [0, 0.1) is 12.3 Å². The van der Waals surface area contributed by atoms with Crippen molar-refractivity contribution < 1.29 is 5.11 Å².